The maximum atomic E-state index is 13.3. The van der Waals surface area contributed by atoms with E-state index < -0.39 is 86.8 Å². The first-order chi connectivity index (χ1) is 42.6. The lowest BCUT2D eigenvalue weighted by molar-refractivity contribution is -0.359. The molecule has 2 heterocycles. The summed E-state index contributed by atoms with van der Waals surface area (Å²) in [5.41, 5.74) is 0. The van der Waals surface area contributed by atoms with Gasteiger partial charge in [-0.3, -0.25) is 4.79 Å². The zero-order chi connectivity index (χ0) is 63.1. The molecule has 0 spiro atoms. The number of hydrogen-bond donors (Lipinski definition) is 9. The van der Waals surface area contributed by atoms with Gasteiger partial charge >= 0.3 is 0 Å². The van der Waals surface area contributed by atoms with E-state index in [0.717, 1.165) is 89.9 Å². The van der Waals surface area contributed by atoms with E-state index in [2.05, 4.69) is 116 Å². The second kappa shape index (κ2) is 56.9. The number of ether oxygens (including phenoxy) is 4. The van der Waals surface area contributed by atoms with E-state index in [1.807, 2.05) is 0 Å². The number of allylic oxidation sites excluding steroid dienone is 16. The zero-order valence-corrected chi connectivity index (χ0v) is 54.5. The molecule has 502 valence electrons. The average Bonchev–Trinajstić information content (AvgIpc) is 2.58. The second-order valence-electron chi connectivity index (χ2n) is 24.3. The summed E-state index contributed by atoms with van der Waals surface area (Å²) >= 11 is 0. The average molecular weight is 1230 g/mol. The van der Waals surface area contributed by atoms with Crippen LogP contribution in [0.25, 0.3) is 0 Å². The van der Waals surface area contributed by atoms with Crippen LogP contribution in [0, 0.1) is 0 Å². The summed E-state index contributed by atoms with van der Waals surface area (Å²) in [5, 5.41) is 87.6. The number of carbonyl (C=O) groups excluding carboxylic acids is 1. The highest BCUT2D eigenvalue weighted by atomic mass is 16.7. The fraction of sp³-hybridized carbons (Fsp3) is 0.767. The molecule has 0 saturated carbocycles. The first kappa shape index (κ1) is 80.0. The lowest BCUT2D eigenvalue weighted by Crippen LogP contribution is -2.65. The number of rotatable bonds is 56. The number of hydrogen-bond acceptors (Lipinski definition) is 13. The van der Waals surface area contributed by atoms with Crippen molar-refractivity contribution >= 4 is 5.91 Å². The highest BCUT2D eigenvalue weighted by Gasteiger charge is 2.51. The van der Waals surface area contributed by atoms with Crippen LogP contribution >= 0.6 is 0 Å². The molecular formula is C73H127NO13. The number of unbranched alkanes of at least 4 members (excludes halogenated alkanes) is 27. The van der Waals surface area contributed by atoms with Gasteiger partial charge in [-0.2, -0.15) is 0 Å². The normalized spacial score (nSPS) is 23.9. The highest BCUT2D eigenvalue weighted by molar-refractivity contribution is 5.76. The SMILES string of the molecule is CC/C=C\C/C=C\C/C=C\C/C=C\C/C=C\C/C=C\C/C=C\C/C=C\CCCCC(=O)NC(COC1OC(CO)C(OC2OC(CO)C(O)C(O)C2O)C(O)C1O)C(O)CCCCCCCCCCCCCCCCCCCCCCCCCCCC. The van der Waals surface area contributed by atoms with Crippen molar-refractivity contribution in [2.75, 3.05) is 19.8 Å². The molecule has 2 aliphatic rings. The summed E-state index contributed by atoms with van der Waals surface area (Å²) in [7, 11) is 0. The zero-order valence-electron chi connectivity index (χ0n) is 54.5. The van der Waals surface area contributed by atoms with Crippen LogP contribution in [-0.4, -0.2) is 140 Å². The van der Waals surface area contributed by atoms with Crippen LogP contribution < -0.4 is 5.32 Å². The van der Waals surface area contributed by atoms with Crippen LogP contribution in [0.5, 0.6) is 0 Å². The minimum Gasteiger partial charge on any atom is -0.394 e. The Kier molecular flexibility index (Phi) is 52.3. The lowest BCUT2D eigenvalue weighted by Gasteiger charge is -2.46. The molecule has 14 nitrogen and oxygen atoms in total. The first-order valence-corrected chi connectivity index (χ1v) is 35.0. The van der Waals surface area contributed by atoms with Crippen LogP contribution in [0.15, 0.2) is 97.2 Å². The summed E-state index contributed by atoms with van der Waals surface area (Å²) < 4.78 is 22.9. The molecule has 2 saturated heterocycles. The van der Waals surface area contributed by atoms with Crippen molar-refractivity contribution in [2.24, 2.45) is 0 Å². The maximum Gasteiger partial charge on any atom is 0.220 e. The second-order valence-corrected chi connectivity index (χ2v) is 24.3. The minimum atomic E-state index is -1.79. The molecule has 0 aromatic heterocycles. The van der Waals surface area contributed by atoms with Crippen molar-refractivity contribution in [3.05, 3.63) is 97.2 Å². The molecule has 0 bridgehead atoms. The molecule has 2 rings (SSSR count). The molecule has 12 unspecified atom stereocenters. The summed E-state index contributed by atoms with van der Waals surface area (Å²) in [4.78, 5) is 13.3. The minimum absolute atomic E-state index is 0.243. The third kappa shape index (κ3) is 41.1. The van der Waals surface area contributed by atoms with Gasteiger partial charge in [0, 0.05) is 6.42 Å². The fourth-order valence-corrected chi connectivity index (χ4v) is 11.0. The molecule has 0 aliphatic carbocycles. The van der Waals surface area contributed by atoms with E-state index in [9.17, 15) is 45.6 Å². The van der Waals surface area contributed by atoms with Gasteiger partial charge in [-0.05, 0) is 77.0 Å². The van der Waals surface area contributed by atoms with Gasteiger partial charge < -0.3 is 65.1 Å². The topological polar surface area (TPSA) is 228 Å². The Morgan fingerprint density at radius 3 is 1.20 bits per heavy atom. The van der Waals surface area contributed by atoms with E-state index in [1.165, 1.54) is 141 Å². The Morgan fingerprint density at radius 1 is 0.425 bits per heavy atom. The fourth-order valence-electron chi connectivity index (χ4n) is 11.0. The van der Waals surface area contributed by atoms with E-state index in [-0.39, 0.29) is 18.9 Å². The molecule has 9 N–H and O–H groups in total. The molecular weight excluding hydrogens is 1100 g/mol. The number of nitrogens with one attached hydrogen (secondary N) is 1. The molecule has 2 fully saturated rings. The first-order valence-electron chi connectivity index (χ1n) is 35.0. The molecule has 12 atom stereocenters. The van der Waals surface area contributed by atoms with E-state index >= 15 is 0 Å². The van der Waals surface area contributed by atoms with Gasteiger partial charge in [-0.15, -0.1) is 0 Å². The Balaban J connectivity index is 1.71. The molecule has 0 radical (unpaired) electrons. The Labute approximate surface area is 528 Å². The Bertz CT molecular complexity index is 1830. The molecule has 0 aromatic carbocycles. The standard InChI is InChI=1S/C73H127NO13/c1-3-5-7-9-11-13-15-17-19-21-23-25-27-29-31-33-35-37-39-41-43-45-47-49-51-53-55-57-65(78)74-61(60-84-72-70(83)68(81)71(64(59-76)86-72)87-73-69(82)67(80)66(79)63(58-75)85-73)62(77)56-54-52-50-48-46-44-42-40-38-36-34-32-30-28-26-24-22-20-18-16-14-12-10-8-6-4-2/h5,7,11,13,17,19,23,25,29,31,35,37,41,43,47,49,61-64,66-73,75-77,79-83H,3-4,6,8-10,12,14-16,18,20-22,24,26-28,30,32-34,36,38-40,42,44-46,48,50-60H2,1-2H3,(H,74,78)/b7-5-,13-11-,19-17-,25-23-,31-29-,37-35-,43-41-,49-47-. The maximum absolute atomic E-state index is 13.3. The van der Waals surface area contributed by atoms with Crippen LogP contribution in [0.4, 0.5) is 0 Å². The molecule has 1 amide bonds. The van der Waals surface area contributed by atoms with Crippen molar-refractivity contribution in [1.82, 2.24) is 5.32 Å². The molecule has 87 heavy (non-hydrogen) atoms. The monoisotopic (exact) mass is 1230 g/mol. The number of amides is 1. The number of aliphatic hydroxyl groups is 8. The van der Waals surface area contributed by atoms with Crippen LogP contribution in [0.3, 0.4) is 0 Å². The van der Waals surface area contributed by atoms with Crippen molar-refractivity contribution in [2.45, 2.75) is 338 Å². The van der Waals surface area contributed by atoms with Crippen molar-refractivity contribution < 1.29 is 64.6 Å². The number of aliphatic hydroxyl groups excluding tert-OH is 8. The van der Waals surface area contributed by atoms with E-state index in [1.54, 1.807) is 0 Å². The van der Waals surface area contributed by atoms with Crippen LogP contribution in [-0.2, 0) is 23.7 Å². The van der Waals surface area contributed by atoms with Crippen molar-refractivity contribution in [1.29, 1.82) is 0 Å². The summed E-state index contributed by atoms with van der Waals surface area (Å²) in [6.45, 7) is 2.74. The van der Waals surface area contributed by atoms with E-state index in [4.69, 9.17) is 18.9 Å². The lowest BCUT2D eigenvalue weighted by atomic mass is 9.97. The van der Waals surface area contributed by atoms with Gasteiger partial charge in [0.15, 0.2) is 12.6 Å². The summed E-state index contributed by atoms with van der Waals surface area (Å²) in [5.74, 6) is -0.250. The predicted molar refractivity (Wildman–Crippen MR) is 355 cm³/mol. The van der Waals surface area contributed by atoms with Crippen LogP contribution in [0.1, 0.15) is 264 Å². The van der Waals surface area contributed by atoms with Gasteiger partial charge in [0.1, 0.15) is 48.8 Å². The third-order valence-corrected chi connectivity index (χ3v) is 16.6. The van der Waals surface area contributed by atoms with Gasteiger partial charge in [0.05, 0.1) is 32.0 Å². The predicted octanol–water partition coefficient (Wildman–Crippen LogP) is 14.2. The van der Waals surface area contributed by atoms with Crippen LogP contribution in [0.2, 0.25) is 0 Å². The Morgan fingerprint density at radius 2 is 0.793 bits per heavy atom. The largest absolute Gasteiger partial charge is 0.394 e. The van der Waals surface area contributed by atoms with Crippen molar-refractivity contribution in [3.8, 4) is 0 Å². The summed E-state index contributed by atoms with van der Waals surface area (Å²) in [6.07, 6.45) is 62.7. The Hall–Kier alpha value is -3.09. The summed E-state index contributed by atoms with van der Waals surface area (Å²) in [6, 6.07) is -0.861. The van der Waals surface area contributed by atoms with Gasteiger partial charge in [0.25, 0.3) is 0 Å². The number of carbonyl (C=O) groups is 1. The van der Waals surface area contributed by atoms with E-state index in [0.29, 0.717) is 12.8 Å². The molecule has 14 heteroatoms. The molecule has 2 aliphatic heterocycles. The smallest absolute Gasteiger partial charge is 0.220 e. The van der Waals surface area contributed by atoms with Gasteiger partial charge in [-0.25, -0.2) is 0 Å². The van der Waals surface area contributed by atoms with Crippen molar-refractivity contribution in [3.63, 3.8) is 0 Å². The molecule has 0 aromatic rings. The van der Waals surface area contributed by atoms with Gasteiger partial charge in [-0.1, -0.05) is 278 Å². The van der Waals surface area contributed by atoms with Gasteiger partial charge in [0.2, 0.25) is 5.91 Å². The quantitative estimate of drug-likeness (QED) is 0.0204. The highest BCUT2D eigenvalue weighted by Crippen LogP contribution is 2.30. The third-order valence-electron chi connectivity index (χ3n) is 16.6.